The molecule has 0 amide bonds. The van der Waals surface area contributed by atoms with Gasteiger partial charge in [0.25, 0.3) is 0 Å². The van der Waals surface area contributed by atoms with Crippen LogP contribution < -0.4 is 0 Å². The second kappa shape index (κ2) is 4.46. The summed E-state index contributed by atoms with van der Waals surface area (Å²) in [5.74, 6) is -2.18. The fourth-order valence-corrected chi connectivity index (χ4v) is 2.38. The van der Waals surface area contributed by atoms with Crippen LogP contribution in [0.2, 0.25) is 5.02 Å². The maximum absolute atomic E-state index is 12.7. The standard InChI is InChI=1S/C12H10ClF3O2/c13-10-7(9(11(17)18)6-4-5-6)2-1-3-8(10)12(14,15)16/h1-3,6,9H,4-5H2,(H,17,18). The molecule has 0 radical (unpaired) electrons. The largest absolute Gasteiger partial charge is 0.481 e. The summed E-state index contributed by atoms with van der Waals surface area (Å²) in [6, 6.07) is 3.41. The Morgan fingerprint density at radius 1 is 1.39 bits per heavy atom. The molecule has 0 heterocycles. The second-order valence-electron chi connectivity index (χ2n) is 4.36. The Labute approximate surface area is 106 Å². The van der Waals surface area contributed by atoms with Gasteiger partial charge < -0.3 is 5.11 Å². The second-order valence-corrected chi connectivity index (χ2v) is 4.74. The van der Waals surface area contributed by atoms with Crippen molar-refractivity contribution in [3.05, 3.63) is 34.3 Å². The van der Waals surface area contributed by atoms with Gasteiger partial charge in [-0.3, -0.25) is 4.79 Å². The monoisotopic (exact) mass is 278 g/mol. The van der Waals surface area contributed by atoms with E-state index < -0.39 is 28.6 Å². The Kier molecular flexibility index (Phi) is 3.27. The van der Waals surface area contributed by atoms with Crippen LogP contribution in [0.5, 0.6) is 0 Å². The number of hydrogen-bond donors (Lipinski definition) is 1. The highest BCUT2D eigenvalue weighted by Gasteiger charge is 2.41. The number of alkyl halides is 3. The summed E-state index contributed by atoms with van der Waals surface area (Å²) in [6.07, 6.45) is -3.15. The first-order valence-electron chi connectivity index (χ1n) is 5.40. The van der Waals surface area contributed by atoms with Crippen LogP contribution in [0.25, 0.3) is 0 Å². The molecule has 1 aromatic rings. The molecule has 0 saturated heterocycles. The highest BCUT2D eigenvalue weighted by molar-refractivity contribution is 6.32. The lowest BCUT2D eigenvalue weighted by Crippen LogP contribution is -2.16. The first-order valence-corrected chi connectivity index (χ1v) is 5.78. The Bertz CT molecular complexity index is 481. The molecule has 1 aliphatic rings. The Hall–Kier alpha value is -1.23. The van der Waals surface area contributed by atoms with Gasteiger partial charge in [0.1, 0.15) is 0 Å². The highest BCUT2D eigenvalue weighted by atomic mass is 35.5. The van der Waals surface area contributed by atoms with Crippen LogP contribution in [0.15, 0.2) is 18.2 Å². The summed E-state index contributed by atoms with van der Waals surface area (Å²) >= 11 is 5.72. The summed E-state index contributed by atoms with van der Waals surface area (Å²) in [7, 11) is 0. The van der Waals surface area contributed by atoms with Crippen LogP contribution >= 0.6 is 11.6 Å². The van der Waals surface area contributed by atoms with Gasteiger partial charge in [-0.1, -0.05) is 23.7 Å². The molecular formula is C12H10ClF3O2. The molecule has 0 bridgehead atoms. The third-order valence-corrected chi connectivity index (χ3v) is 3.45. The third-order valence-electron chi connectivity index (χ3n) is 3.03. The zero-order valence-corrected chi connectivity index (χ0v) is 9.92. The van der Waals surface area contributed by atoms with Crippen molar-refractivity contribution in [1.29, 1.82) is 0 Å². The molecule has 1 N–H and O–H groups in total. The summed E-state index contributed by atoms with van der Waals surface area (Å²) in [6.45, 7) is 0. The molecule has 1 unspecified atom stereocenters. The van der Waals surface area contributed by atoms with E-state index in [0.717, 1.165) is 6.07 Å². The van der Waals surface area contributed by atoms with Crippen molar-refractivity contribution < 1.29 is 23.1 Å². The Morgan fingerprint density at radius 3 is 2.44 bits per heavy atom. The maximum atomic E-state index is 12.7. The molecule has 2 rings (SSSR count). The maximum Gasteiger partial charge on any atom is 0.417 e. The lowest BCUT2D eigenvalue weighted by Gasteiger charge is -2.17. The van der Waals surface area contributed by atoms with Crippen LogP contribution in [0.4, 0.5) is 13.2 Å². The van der Waals surface area contributed by atoms with E-state index >= 15 is 0 Å². The van der Waals surface area contributed by atoms with Gasteiger partial charge in [0.05, 0.1) is 16.5 Å². The average molecular weight is 279 g/mol. The van der Waals surface area contributed by atoms with E-state index in [9.17, 15) is 18.0 Å². The van der Waals surface area contributed by atoms with Gasteiger partial charge in [-0.05, 0) is 30.4 Å². The van der Waals surface area contributed by atoms with Gasteiger partial charge in [0, 0.05) is 0 Å². The number of carboxylic acids is 1. The lowest BCUT2D eigenvalue weighted by molar-refractivity contribution is -0.140. The van der Waals surface area contributed by atoms with Gasteiger partial charge in [0.15, 0.2) is 0 Å². The van der Waals surface area contributed by atoms with Crippen molar-refractivity contribution in [1.82, 2.24) is 0 Å². The first kappa shape index (κ1) is 13.2. The van der Waals surface area contributed by atoms with E-state index in [2.05, 4.69) is 0 Å². The number of hydrogen-bond acceptors (Lipinski definition) is 1. The highest BCUT2D eigenvalue weighted by Crippen LogP contribution is 2.46. The van der Waals surface area contributed by atoms with Crippen LogP contribution in [0.3, 0.4) is 0 Å². The minimum atomic E-state index is -4.57. The van der Waals surface area contributed by atoms with Crippen molar-refractivity contribution >= 4 is 17.6 Å². The lowest BCUT2D eigenvalue weighted by atomic mass is 9.92. The number of carbonyl (C=O) groups is 1. The van der Waals surface area contributed by atoms with Gasteiger partial charge in [-0.2, -0.15) is 13.2 Å². The van der Waals surface area contributed by atoms with Crippen LogP contribution in [-0.2, 0) is 11.0 Å². The molecule has 1 aromatic carbocycles. The molecule has 6 heteroatoms. The van der Waals surface area contributed by atoms with E-state index in [1.54, 1.807) is 0 Å². The molecular weight excluding hydrogens is 269 g/mol. The molecule has 1 aliphatic carbocycles. The van der Waals surface area contributed by atoms with Crippen LogP contribution in [-0.4, -0.2) is 11.1 Å². The molecule has 0 aromatic heterocycles. The number of aliphatic carboxylic acids is 1. The van der Waals surface area contributed by atoms with Crippen LogP contribution in [0.1, 0.15) is 29.9 Å². The zero-order valence-electron chi connectivity index (χ0n) is 9.17. The molecule has 98 valence electrons. The summed E-state index contributed by atoms with van der Waals surface area (Å²) in [5, 5.41) is 8.62. The summed E-state index contributed by atoms with van der Waals surface area (Å²) < 4.78 is 38.0. The van der Waals surface area contributed by atoms with E-state index in [1.807, 2.05) is 0 Å². The first-order chi connectivity index (χ1) is 8.32. The zero-order chi connectivity index (χ0) is 13.5. The number of benzene rings is 1. The van der Waals surface area contributed by atoms with Gasteiger partial charge in [-0.15, -0.1) is 0 Å². The topological polar surface area (TPSA) is 37.3 Å². The normalized spacial score (nSPS) is 17.6. The van der Waals surface area contributed by atoms with Crippen LogP contribution in [0, 0.1) is 5.92 Å². The molecule has 1 atom stereocenters. The van der Waals surface area contributed by atoms with Gasteiger partial charge in [-0.25, -0.2) is 0 Å². The minimum absolute atomic E-state index is 0.0569. The van der Waals surface area contributed by atoms with Crippen molar-refractivity contribution in [3.63, 3.8) is 0 Å². The van der Waals surface area contributed by atoms with Crippen molar-refractivity contribution in [3.8, 4) is 0 Å². The van der Waals surface area contributed by atoms with Crippen molar-refractivity contribution in [2.24, 2.45) is 5.92 Å². The Balaban J connectivity index is 2.48. The third kappa shape index (κ3) is 2.46. The predicted octanol–water partition coefficient (Wildman–Crippen LogP) is 3.94. The molecule has 1 fully saturated rings. The van der Waals surface area contributed by atoms with Crippen molar-refractivity contribution in [2.75, 3.05) is 0 Å². The smallest absolute Gasteiger partial charge is 0.417 e. The minimum Gasteiger partial charge on any atom is -0.481 e. The van der Waals surface area contributed by atoms with Gasteiger partial charge >= 0.3 is 12.1 Å². The molecule has 2 nitrogen and oxygen atoms in total. The quantitative estimate of drug-likeness (QED) is 0.909. The predicted molar refractivity (Wildman–Crippen MR) is 59.6 cm³/mol. The number of halogens is 4. The van der Waals surface area contributed by atoms with Gasteiger partial charge in [0.2, 0.25) is 0 Å². The Morgan fingerprint density at radius 2 is 2.00 bits per heavy atom. The molecule has 0 aliphatic heterocycles. The number of carboxylic acid groups (broad SMARTS) is 1. The SMILES string of the molecule is O=C(O)C(c1cccc(C(F)(F)F)c1Cl)C1CC1. The fourth-order valence-electron chi connectivity index (χ4n) is 2.03. The number of rotatable bonds is 3. The molecule has 18 heavy (non-hydrogen) atoms. The molecule has 1 saturated carbocycles. The van der Waals surface area contributed by atoms with E-state index in [1.165, 1.54) is 12.1 Å². The molecule has 0 spiro atoms. The van der Waals surface area contributed by atoms with Crippen molar-refractivity contribution in [2.45, 2.75) is 24.9 Å². The summed E-state index contributed by atoms with van der Waals surface area (Å²) in [4.78, 5) is 11.2. The van der Waals surface area contributed by atoms with E-state index in [4.69, 9.17) is 16.7 Å². The summed E-state index contributed by atoms with van der Waals surface area (Å²) in [5.41, 5.74) is -0.921. The van der Waals surface area contributed by atoms with E-state index in [0.29, 0.717) is 12.8 Å². The average Bonchev–Trinajstić information content (AvgIpc) is 3.03. The van der Waals surface area contributed by atoms with E-state index in [-0.39, 0.29) is 11.5 Å². The fraction of sp³-hybridized carbons (Fsp3) is 0.417.